The molecule has 17 heavy (non-hydrogen) atoms. The molecule has 0 amide bonds. The molecule has 1 aliphatic rings. The van der Waals surface area contributed by atoms with Crippen molar-refractivity contribution in [3.8, 4) is 0 Å². The Kier molecular flexibility index (Phi) is 4.43. The Morgan fingerprint density at radius 1 is 1.53 bits per heavy atom. The lowest BCUT2D eigenvalue weighted by molar-refractivity contribution is 0.191. The highest BCUT2D eigenvalue weighted by molar-refractivity contribution is 6.30. The van der Waals surface area contributed by atoms with Crippen LogP contribution in [-0.4, -0.2) is 31.1 Å². The summed E-state index contributed by atoms with van der Waals surface area (Å²) in [5.74, 6) is 0. The number of nitrogens with one attached hydrogen (secondary N) is 1. The van der Waals surface area contributed by atoms with E-state index >= 15 is 0 Å². The van der Waals surface area contributed by atoms with Gasteiger partial charge in [0, 0.05) is 23.7 Å². The molecule has 0 bridgehead atoms. The molecule has 0 aliphatic carbocycles. The first-order valence-corrected chi connectivity index (χ1v) is 6.76. The first kappa shape index (κ1) is 12.9. The van der Waals surface area contributed by atoms with Crippen molar-refractivity contribution in [2.24, 2.45) is 0 Å². The molecule has 94 valence electrons. The molecule has 0 spiro atoms. The van der Waals surface area contributed by atoms with Crippen LogP contribution < -0.4 is 5.32 Å². The van der Waals surface area contributed by atoms with Gasteiger partial charge in [0.05, 0.1) is 0 Å². The third-order valence-corrected chi connectivity index (χ3v) is 3.93. The summed E-state index contributed by atoms with van der Waals surface area (Å²) in [4.78, 5) is 2.59. The standard InChI is InChI=1S/C14H21ClN2/c1-11(12-5-3-6-13(15)9-12)17-8-4-7-14(17)10-16-2/h3,5-6,9,11,14,16H,4,7-8,10H2,1-2H3. The summed E-state index contributed by atoms with van der Waals surface area (Å²) in [5, 5.41) is 4.12. The molecule has 2 unspecified atom stereocenters. The van der Waals surface area contributed by atoms with Crippen molar-refractivity contribution >= 4 is 11.6 Å². The van der Waals surface area contributed by atoms with Gasteiger partial charge in [-0.05, 0) is 51.1 Å². The molecule has 1 N–H and O–H groups in total. The predicted octanol–water partition coefficient (Wildman–Crippen LogP) is 3.08. The van der Waals surface area contributed by atoms with E-state index in [1.54, 1.807) is 0 Å². The van der Waals surface area contributed by atoms with Gasteiger partial charge in [-0.1, -0.05) is 23.7 Å². The highest BCUT2D eigenvalue weighted by atomic mass is 35.5. The van der Waals surface area contributed by atoms with E-state index in [9.17, 15) is 0 Å². The van der Waals surface area contributed by atoms with E-state index in [4.69, 9.17) is 11.6 Å². The maximum atomic E-state index is 6.06. The SMILES string of the molecule is CNCC1CCCN1C(C)c1cccc(Cl)c1. The van der Waals surface area contributed by atoms with E-state index in [-0.39, 0.29) is 0 Å². The molecule has 1 heterocycles. The zero-order valence-electron chi connectivity index (χ0n) is 10.6. The lowest BCUT2D eigenvalue weighted by atomic mass is 10.1. The minimum atomic E-state index is 0.453. The van der Waals surface area contributed by atoms with E-state index in [0.717, 1.165) is 11.6 Å². The van der Waals surface area contributed by atoms with E-state index < -0.39 is 0 Å². The normalized spacial score (nSPS) is 22.9. The fourth-order valence-electron chi connectivity index (χ4n) is 2.78. The van der Waals surface area contributed by atoms with Crippen LogP contribution in [0.2, 0.25) is 5.02 Å². The number of halogens is 1. The number of nitrogens with zero attached hydrogens (tertiary/aromatic N) is 1. The summed E-state index contributed by atoms with van der Waals surface area (Å²) >= 11 is 6.06. The van der Waals surface area contributed by atoms with Crippen molar-refractivity contribution in [1.29, 1.82) is 0 Å². The van der Waals surface area contributed by atoms with Gasteiger partial charge >= 0.3 is 0 Å². The Balaban J connectivity index is 2.11. The molecule has 2 nitrogen and oxygen atoms in total. The van der Waals surface area contributed by atoms with Crippen molar-refractivity contribution in [3.63, 3.8) is 0 Å². The Morgan fingerprint density at radius 3 is 3.06 bits per heavy atom. The molecular weight excluding hydrogens is 232 g/mol. The van der Waals surface area contributed by atoms with Crippen molar-refractivity contribution in [1.82, 2.24) is 10.2 Å². The number of rotatable bonds is 4. The molecule has 3 heteroatoms. The highest BCUT2D eigenvalue weighted by Crippen LogP contribution is 2.29. The average Bonchev–Trinajstić information content (AvgIpc) is 2.77. The number of likely N-dealkylation sites (N-methyl/N-ethyl adjacent to an activating group) is 1. The Bertz CT molecular complexity index is 367. The third kappa shape index (κ3) is 3.01. The summed E-state index contributed by atoms with van der Waals surface area (Å²) in [7, 11) is 2.03. The van der Waals surface area contributed by atoms with Gasteiger partial charge in [0.25, 0.3) is 0 Å². The van der Waals surface area contributed by atoms with Crippen LogP contribution in [0.4, 0.5) is 0 Å². The molecule has 1 aromatic carbocycles. The summed E-state index contributed by atoms with van der Waals surface area (Å²) in [5.41, 5.74) is 1.32. The van der Waals surface area contributed by atoms with Gasteiger partial charge in [-0.2, -0.15) is 0 Å². The van der Waals surface area contributed by atoms with Crippen molar-refractivity contribution in [2.75, 3.05) is 20.1 Å². The van der Waals surface area contributed by atoms with Gasteiger partial charge in [0.2, 0.25) is 0 Å². The molecule has 1 aliphatic heterocycles. The number of hydrogen-bond donors (Lipinski definition) is 1. The molecule has 2 atom stereocenters. The number of hydrogen-bond acceptors (Lipinski definition) is 2. The first-order valence-electron chi connectivity index (χ1n) is 6.38. The van der Waals surface area contributed by atoms with Crippen LogP contribution in [0.5, 0.6) is 0 Å². The van der Waals surface area contributed by atoms with Gasteiger partial charge in [-0.3, -0.25) is 4.90 Å². The van der Waals surface area contributed by atoms with Crippen LogP contribution in [0.25, 0.3) is 0 Å². The van der Waals surface area contributed by atoms with Crippen LogP contribution in [0.3, 0.4) is 0 Å². The number of benzene rings is 1. The van der Waals surface area contributed by atoms with Gasteiger partial charge < -0.3 is 5.32 Å². The largest absolute Gasteiger partial charge is 0.318 e. The zero-order chi connectivity index (χ0) is 12.3. The van der Waals surface area contributed by atoms with Crippen molar-refractivity contribution < 1.29 is 0 Å². The topological polar surface area (TPSA) is 15.3 Å². The smallest absolute Gasteiger partial charge is 0.0409 e. The van der Waals surface area contributed by atoms with Crippen LogP contribution in [0.1, 0.15) is 31.4 Å². The van der Waals surface area contributed by atoms with E-state index in [1.807, 2.05) is 19.2 Å². The molecule has 0 radical (unpaired) electrons. The summed E-state index contributed by atoms with van der Waals surface area (Å²) in [6.07, 6.45) is 2.60. The third-order valence-electron chi connectivity index (χ3n) is 3.69. The summed E-state index contributed by atoms with van der Waals surface area (Å²) < 4.78 is 0. The zero-order valence-corrected chi connectivity index (χ0v) is 11.4. The minimum absolute atomic E-state index is 0.453. The van der Waals surface area contributed by atoms with Gasteiger partial charge in [-0.15, -0.1) is 0 Å². The fourth-order valence-corrected chi connectivity index (χ4v) is 2.98. The maximum Gasteiger partial charge on any atom is 0.0409 e. The van der Waals surface area contributed by atoms with E-state index in [1.165, 1.54) is 24.9 Å². The minimum Gasteiger partial charge on any atom is -0.318 e. The van der Waals surface area contributed by atoms with Crippen LogP contribution in [0.15, 0.2) is 24.3 Å². The molecular formula is C14H21ClN2. The first-order chi connectivity index (χ1) is 8.22. The second-order valence-corrected chi connectivity index (χ2v) is 5.26. The number of likely N-dealkylation sites (tertiary alicyclic amines) is 1. The second-order valence-electron chi connectivity index (χ2n) is 4.82. The van der Waals surface area contributed by atoms with E-state index in [2.05, 4.69) is 29.3 Å². The quantitative estimate of drug-likeness (QED) is 0.886. The Labute approximate surface area is 109 Å². The molecule has 0 aromatic heterocycles. The molecule has 1 saturated heterocycles. The van der Waals surface area contributed by atoms with Crippen molar-refractivity contribution in [2.45, 2.75) is 31.8 Å². The predicted molar refractivity (Wildman–Crippen MR) is 73.5 cm³/mol. The van der Waals surface area contributed by atoms with E-state index in [0.29, 0.717) is 12.1 Å². The summed E-state index contributed by atoms with van der Waals surface area (Å²) in [6, 6.07) is 9.35. The van der Waals surface area contributed by atoms with Gasteiger partial charge in [0.1, 0.15) is 0 Å². The van der Waals surface area contributed by atoms with Gasteiger partial charge in [0.15, 0.2) is 0 Å². The molecule has 1 aromatic rings. The van der Waals surface area contributed by atoms with Crippen LogP contribution in [-0.2, 0) is 0 Å². The fraction of sp³-hybridized carbons (Fsp3) is 0.571. The lowest BCUT2D eigenvalue weighted by Crippen LogP contribution is -2.38. The Hall–Kier alpha value is -0.570. The maximum absolute atomic E-state index is 6.06. The highest BCUT2D eigenvalue weighted by Gasteiger charge is 2.28. The average molecular weight is 253 g/mol. The van der Waals surface area contributed by atoms with Crippen molar-refractivity contribution in [3.05, 3.63) is 34.9 Å². The second kappa shape index (κ2) is 5.85. The Morgan fingerprint density at radius 2 is 2.35 bits per heavy atom. The summed E-state index contributed by atoms with van der Waals surface area (Å²) in [6.45, 7) is 4.55. The molecule has 2 rings (SSSR count). The lowest BCUT2D eigenvalue weighted by Gasteiger charge is -2.31. The molecule has 0 saturated carbocycles. The van der Waals surface area contributed by atoms with Gasteiger partial charge in [-0.25, -0.2) is 0 Å². The van der Waals surface area contributed by atoms with Crippen LogP contribution >= 0.6 is 11.6 Å². The monoisotopic (exact) mass is 252 g/mol. The molecule has 1 fully saturated rings. The van der Waals surface area contributed by atoms with Crippen LogP contribution in [0, 0.1) is 0 Å².